The third-order valence-electron chi connectivity index (χ3n) is 7.79. The van der Waals surface area contributed by atoms with Crippen molar-refractivity contribution < 1.29 is 19.4 Å². The maximum absolute atomic E-state index is 13.6. The van der Waals surface area contributed by atoms with Gasteiger partial charge in [-0.1, -0.05) is 30.3 Å². The van der Waals surface area contributed by atoms with Gasteiger partial charge in [0.25, 0.3) is 5.91 Å². The number of phenols is 1. The summed E-state index contributed by atoms with van der Waals surface area (Å²) in [4.78, 5) is 30.2. The maximum atomic E-state index is 13.6. The highest BCUT2D eigenvalue weighted by Crippen LogP contribution is 2.43. The van der Waals surface area contributed by atoms with Gasteiger partial charge in [0, 0.05) is 44.7 Å². The Kier molecular flexibility index (Phi) is 7.88. The fraction of sp³-hybridized carbons (Fsp3) is 0.517. The van der Waals surface area contributed by atoms with E-state index in [1.807, 2.05) is 50.8 Å². The van der Waals surface area contributed by atoms with Gasteiger partial charge in [0.1, 0.15) is 11.5 Å². The van der Waals surface area contributed by atoms with E-state index in [4.69, 9.17) is 4.74 Å². The third-order valence-corrected chi connectivity index (χ3v) is 7.79. The highest BCUT2D eigenvalue weighted by molar-refractivity contribution is 5.86. The van der Waals surface area contributed by atoms with Crippen LogP contribution in [0.2, 0.25) is 0 Å². The first-order valence-corrected chi connectivity index (χ1v) is 13.0. The monoisotopic (exact) mass is 493 g/mol. The van der Waals surface area contributed by atoms with Gasteiger partial charge in [-0.25, -0.2) is 0 Å². The lowest BCUT2D eigenvalue weighted by Gasteiger charge is -2.39. The van der Waals surface area contributed by atoms with Gasteiger partial charge in [0.15, 0.2) is 5.60 Å². The van der Waals surface area contributed by atoms with Crippen molar-refractivity contribution >= 4 is 11.8 Å². The fourth-order valence-electron chi connectivity index (χ4n) is 5.31. The predicted molar refractivity (Wildman–Crippen MR) is 140 cm³/mol. The molecule has 2 heterocycles. The topological polar surface area (TPSA) is 82.1 Å². The minimum Gasteiger partial charge on any atom is -0.507 e. The zero-order valence-electron chi connectivity index (χ0n) is 22.0. The molecule has 7 heteroatoms. The zero-order chi connectivity index (χ0) is 25.9. The molecular weight excluding hydrogens is 454 g/mol. The van der Waals surface area contributed by atoms with Crippen molar-refractivity contribution in [3.8, 4) is 11.5 Å². The Morgan fingerprint density at radius 1 is 1.03 bits per heavy atom. The van der Waals surface area contributed by atoms with Crippen molar-refractivity contribution in [1.82, 2.24) is 15.1 Å². The summed E-state index contributed by atoms with van der Waals surface area (Å²) in [5.41, 5.74) is 3.82. The average molecular weight is 494 g/mol. The Morgan fingerprint density at radius 2 is 1.78 bits per heavy atom. The van der Waals surface area contributed by atoms with Crippen molar-refractivity contribution in [3.05, 3.63) is 58.1 Å². The van der Waals surface area contributed by atoms with E-state index in [0.717, 1.165) is 47.4 Å². The van der Waals surface area contributed by atoms with Crippen LogP contribution in [0.3, 0.4) is 0 Å². The Bertz CT molecular complexity index is 1120. The van der Waals surface area contributed by atoms with Crippen molar-refractivity contribution in [1.29, 1.82) is 0 Å². The summed E-state index contributed by atoms with van der Waals surface area (Å²) in [7, 11) is 0. The van der Waals surface area contributed by atoms with Crippen LogP contribution in [0.25, 0.3) is 0 Å². The minimum atomic E-state index is -0.933. The standard InChI is InChI=1S/C29H39N3O4/c1-20-21(2)27-24(22(3)26(20)34)11-13-29(4,36-27)28(35)32-16-8-15-31(17-18-32)19-25(33)30-14-12-23-9-6-5-7-10-23/h5-7,9-10,34H,8,11-19H2,1-4H3,(H,30,33). The third kappa shape index (κ3) is 5.51. The SMILES string of the molecule is Cc1c(C)c2c(c(C)c1O)CCC(C)(C(=O)N1CCCN(CC(=O)NCCc3ccccc3)CC1)O2. The molecule has 2 amide bonds. The van der Waals surface area contributed by atoms with Crippen LogP contribution in [-0.2, 0) is 22.4 Å². The minimum absolute atomic E-state index is 0.00472. The van der Waals surface area contributed by atoms with Gasteiger partial charge in [-0.2, -0.15) is 0 Å². The Labute approximate surface area is 214 Å². The summed E-state index contributed by atoms with van der Waals surface area (Å²) in [6, 6.07) is 10.1. The number of benzene rings is 2. The van der Waals surface area contributed by atoms with Crippen LogP contribution >= 0.6 is 0 Å². The molecule has 36 heavy (non-hydrogen) atoms. The molecule has 1 fully saturated rings. The number of nitrogens with zero attached hydrogens (tertiary/aromatic N) is 2. The first kappa shape index (κ1) is 26.0. The number of hydrogen-bond donors (Lipinski definition) is 2. The van der Waals surface area contributed by atoms with E-state index in [1.54, 1.807) is 0 Å². The summed E-state index contributed by atoms with van der Waals surface area (Å²) in [6.45, 7) is 11.3. The van der Waals surface area contributed by atoms with E-state index >= 15 is 0 Å². The molecule has 194 valence electrons. The van der Waals surface area contributed by atoms with Crippen LogP contribution in [0.4, 0.5) is 0 Å². The first-order chi connectivity index (χ1) is 17.2. The molecule has 1 saturated heterocycles. The summed E-state index contributed by atoms with van der Waals surface area (Å²) in [5.74, 6) is 1.09. The highest BCUT2D eigenvalue weighted by Gasteiger charge is 2.43. The Balaban J connectivity index is 1.32. The second-order valence-corrected chi connectivity index (χ2v) is 10.4. The molecule has 7 nitrogen and oxygen atoms in total. The lowest BCUT2D eigenvalue weighted by atomic mass is 9.86. The number of fused-ring (bicyclic) bond motifs is 1. The van der Waals surface area contributed by atoms with Crippen LogP contribution in [0.1, 0.15) is 47.6 Å². The van der Waals surface area contributed by atoms with Gasteiger partial charge >= 0.3 is 0 Å². The molecule has 1 atom stereocenters. The summed E-state index contributed by atoms with van der Waals surface area (Å²) >= 11 is 0. The number of carbonyl (C=O) groups is 2. The predicted octanol–water partition coefficient (Wildman–Crippen LogP) is 3.29. The van der Waals surface area contributed by atoms with E-state index in [2.05, 4.69) is 22.3 Å². The smallest absolute Gasteiger partial charge is 0.266 e. The number of ether oxygens (including phenoxy) is 1. The number of nitrogens with one attached hydrogen (secondary N) is 1. The van der Waals surface area contributed by atoms with Crippen LogP contribution in [-0.4, -0.2) is 71.6 Å². The molecule has 2 aromatic carbocycles. The van der Waals surface area contributed by atoms with E-state index in [-0.39, 0.29) is 11.8 Å². The highest BCUT2D eigenvalue weighted by atomic mass is 16.5. The van der Waals surface area contributed by atoms with Gasteiger partial charge in [0.05, 0.1) is 6.54 Å². The molecule has 0 aromatic heterocycles. The van der Waals surface area contributed by atoms with Crippen molar-refractivity contribution in [3.63, 3.8) is 0 Å². The molecule has 0 spiro atoms. The van der Waals surface area contributed by atoms with E-state index in [0.29, 0.717) is 51.3 Å². The Morgan fingerprint density at radius 3 is 2.53 bits per heavy atom. The number of phenolic OH excluding ortho intramolecular Hbond substituents is 1. The molecule has 0 aliphatic carbocycles. The first-order valence-electron chi connectivity index (χ1n) is 13.0. The van der Waals surface area contributed by atoms with E-state index in [1.165, 1.54) is 5.56 Å². The van der Waals surface area contributed by atoms with Gasteiger partial charge < -0.3 is 20.1 Å². The summed E-state index contributed by atoms with van der Waals surface area (Å²) in [5, 5.41) is 13.5. The van der Waals surface area contributed by atoms with Gasteiger partial charge in [-0.15, -0.1) is 0 Å². The largest absolute Gasteiger partial charge is 0.507 e. The van der Waals surface area contributed by atoms with E-state index < -0.39 is 5.60 Å². The molecule has 2 aromatic rings. The summed E-state index contributed by atoms with van der Waals surface area (Å²) < 4.78 is 6.41. The molecule has 0 radical (unpaired) electrons. The number of hydrogen-bond acceptors (Lipinski definition) is 5. The molecule has 4 rings (SSSR count). The fourth-order valence-corrected chi connectivity index (χ4v) is 5.31. The van der Waals surface area contributed by atoms with Gasteiger partial charge in [0.2, 0.25) is 5.91 Å². The molecule has 2 aliphatic rings. The van der Waals surface area contributed by atoms with Gasteiger partial charge in [-0.05, 0) is 69.2 Å². The quantitative estimate of drug-likeness (QED) is 0.645. The second kappa shape index (κ2) is 10.9. The van der Waals surface area contributed by atoms with Crippen LogP contribution in [0.5, 0.6) is 11.5 Å². The number of aromatic hydroxyl groups is 1. The van der Waals surface area contributed by atoms with Crippen LogP contribution in [0, 0.1) is 20.8 Å². The molecule has 2 N–H and O–H groups in total. The normalized spacial score (nSPS) is 20.3. The van der Waals surface area contributed by atoms with Crippen molar-refractivity contribution in [2.24, 2.45) is 0 Å². The maximum Gasteiger partial charge on any atom is 0.266 e. The number of carbonyl (C=O) groups excluding carboxylic acids is 2. The molecule has 0 saturated carbocycles. The average Bonchev–Trinajstić information content (AvgIpc) is 3.11. The van der Waals surface area contributed by atoms with E-state index in [9.17, 15) is 14.7 Å². The van der Waals surface area contributed by atoms with Crippen molar-refractivity contribution in [2.75, 3.05) is 39.3 Å². The molecule has 2 aliphatic heterocycles. The lowest BCUT2D eigenvalue weighted by Crippen LogP contribution is -2.53. The van der Waals surface area contributed by atoms with Crippen LogP contribution in [0.15, 0.2) is 30.3 Å². The molecular formula is C29H39N3O4. The molecule has 1 unspecified atom stereocenters. The zero-order valence-corrected chi connectivity index (χ0v) is 22.0. The van der Waals surface area contributed by atoms with Crippen LogP contribution < -0.4 is 10.1 Å². The number of amides is 2. The second-order valence-electron chi connectivity index (χ2n) is 10.4. The molecule has 0 bridgehead atoms. The van der Waals surface area contributed by atoms with Crippen molar-refractivity contribution in [2.45, 2.75) is 59.0 Å². The Hall–Kier alpha value is -3.06. The number of rotatable bonds is 6. The lowest BCUT2D eigenvalue weighted by molar-refractivity contribution is -0.148. The summed E-state index contributed by atoms with van der Waals surface area (Å²) in [6.07, 6.45) is 2.91. The van der Waals surface area contributed by atoms with Gasteiger partial charge in [-0.3, -0.25) is 14.5 Å².